The summed E-state index contributed by atoms with van der Waals surface area (Å²) in [7, 11) is 0. The second-order valence-corrected chi connectivity index (χ2v) is 8.63. The number of hydrogen-bond donors (Lipinski definition) is 1. The van der Waals surface area contributed by atoms with Crippen LogP contribution in [0.2, 0.25) is 0 Å². The minimum atomic E-state index is -0.858. The normalized spacial score (nSPS) is 20.6. The van der Waals surface area contributed by atoms with Crippen LogP contribution >= 0.6 is 0 Å². The first kappa shape index (κ1) is 20.7. The van der Waals surface area contributed by atoms with Gasteiger partial charge in [-0.1, -0.05) is 26.0 Å². The number of halogens is 3. The average molecular weight is 423 g/mol. The van der Waals surface area contributed by atoms with Crippen LogP contribution in [-0.2, 0) is 4.79 Å². The summed E-state index contributed by atoms with van der Waals surface area (Å²) >= 11 is 0. The summed E-state index contributed by atoms with van der Waals surface area (Å²) in [5, 5.41) is 9.93. The number of nitriles is 1. The van der Waals surface area contributed by atoms with E-state index in [9.17, 15) is 23.2 Å². The fourth-order valence-corrected chi connectivity index (χ4v) is 4.44. The minimum Gasteiger partial charge on any atom is -0.384 e. The molecule has 0 amide bonds. The zero-order chi connectivity index (χ0) is 22.5. The Balaban J connectivity index is 2.01. The van der Waals surface area contributed by atoms with Crippen LogP contribution in [0.3, 0.4) is 0 Å². The molecule has 2 N–H and O–H groups in total. The van der Waals surface area contributed by atoms with Gasteiger partial charge in [0.25, 0.3) is 0 Å². The zero-order valence-electron chi connectivity index (χ0n) is 17.0. The molecule has 1 atom stereocenters. The molecule has 0 radical (unpaired) electrons. The van der Waals surface area contributed by atoms with Gasteiger partial charge in [0.05, 0.1) is 23.2 Å². The van der Waals surface area contributed by atoms with E-state index in [1.54, 1.807) is 0 Å². The molecule has 1 aliphatic heterocycles. The second kappa shape index (κ2) is 7.31. The number of carbonyl (C=O) groups excluding carboxylic acids is 1. The van der Waals surface area contributed by atoms with Crippen LogP contribution in [0.4, 0.5) is 18.9 Å². The molecule has 0 fully saturated rings. The van der Waals surface area contributed by atoms with Gasteiger partial charge >= 0.3 is 0 Å². The highest BCUT2D eigenvalue weighted by molar-refractivity contribution is 6.01. The van der Waals surface area contributed by atoms with E-state index in [-0.39, 0.29) is 29.3 Å². The number of carbonyl (C=O) groups is 1. The third-order valence-corrected chi connectivity index (χ3v) is 5.73. The zero-order valence-corrected chi connectivity index (χ0v) is 17.0. The van der Waals surface area contributed by atoms with Crippen LogP contribution in [0, 0.1) is 34.2 Å². The summed E-state index contributed by atoms with van der Waals surface area (Å²) in [6, 6.07) is 10.7. The highest BCUT2D eigenvalue weighted by atomic mass is 19.1. The van der Waals surface area contributed by atoms with E-state index in [2.05, 4.69) is 6.07 Å². The number of ketones is 1. The Labute approximate surface area is 178 Å². The lowest BCUT2D eigenvalue weighted by Gasteiger charge is -2.43. The maximum atomic E-state index is 14.8. The molecule has 31 heavy (non-hydrogen) atoms. The van der Waals surface area contributed by atoms with Crippen molar-refractivity contribution < 1.29 is 18.0 Å². The molecule has 2 aliphatic rings. The average Bonchev–Trinajstić information content (AvgIpc) is 2.68. The van der Waals surface area contributed by atoms with Gasteiger partial charge in [0, 0.05) is 23.8 Å². The number of anilines is 1. The van der Waals surface area contributed by atoms with Crippen molar-refractivity contribution in [3.63, 3.8) is 0 Å². The molecule has 2 aromatic carbocycles. The van der Waals surface area contributed by atoms with Gasteiger partial charge in [0.1, 0.15) is 23.3 Å². The van der Waals surface area contributed by atoms with Gasteiger partial charge in [-0.3, -0.25) is 9.69 Å². The minimum absolute atomic E-state index is 0.0356. The second-order valence-electron chi connectivity index (χ2n) is 8.63. The van der Waals surface area contributed by atoms with Crippen molar-refractivity contribution in [2.24, 2.45) is 11.1 Å². The maximum Gasteiger partial charge on any atom is 0.162 e. The third kappa shape index (κ3) is 3.48. The quantitative estimate of drug-likeness (QED) is 0.734. The molecule has 0 bridgehead atoms. The third-order valence-electron chi connectivity index (χ3n) is 5.73. The van der Waals surface area contributed by atoms with Crippen molar-refractivity contribution in [2.45, 2.75) is 32.6 Å². The lowest BCUT2D eigenvalue weighted by atomic mass is 9.68. The SMILES string of the molecule is CC1(C)CC(=O)C2=C(C1)N(c1ccc(F)cc1F)C(N)=C(C#N)C2c1ccc(F)cc1. The fraction of sp³-hybridized carbons (Fsp3) is 0.250. The smallest absolute Gasteiger partial charge is 0.162 e. The van der Waals surface area contributed by atoms with E-state index >= 15 is 0 Å². The van der Waals surface area contributed by atoms with E-state index in [0.29, 0.717) is 23.3 Å². The Kier molecular flexibility index (Phi) is 4.89. The molecule has 1 heterocycles. The van der Waals surface area contributed by atoms with Gasteiger partial charge in [0.15, 0.2) is 5.78 Å². The summed E-state index contributed by atoms with van der Waals surface area (Å²) in [6.07, 6.45) is 0.629. The van der Waals surface area contributed by atoms with Gasteiger partial charge in [-0.15, -0.1) is 0 Å². The molecule has 0 saturated heterocycles. The fourth-order valence-electron chi connectivity index (χ4n) is 4.44. The van der Waals surface area contributed by atoms with Crippen molar-refractivity contribution in [3.05, 3.63) is 88.1 Å². The monoisotopic (exact) mass is 423 g/mol. The van der Waals surface area contributed by atoms with E-state index < -0.39 is 28.8 Å². The predicted molar refractivity (Wildman–Crippen MR) is 110 cm³/mol. The Bertz CT molecular complexity index is 1190. The summed E-state index contributed by atoms with van der Waals surface area (Å²) < 4.78 is 41.8. The first-order valence-corrected chi connectivity index (χ1v) is 9.79. The number of benzene rings is 2. The molecule has 158 valence electrons. The summed E-state index contributed by atoms with van der Waals surface area (Å²) in [6.45, 7) is 3.83. The Morgan fingerprint density at radius 3 is 2.32 bits per heavy atom. The van der Waals surface area contributed by atoms with E-state index in [4.69, 9.17) is 5.73 Å². The largest absolute Gasteiger partial charge is 0.384 e. The molecular formula is C24H20F3N3O. The Morgan fingerprint density at radius 2 is 1.71 bits per heavy atom. The highest BCUT2D eigenvalue weighted by Gasteiger charge is 2.45. The maximum absolute atomic E-state index is 14.8. The molecule has 4 rings (SSSR count). The van der Waals surface area contributed by atoms with Gasteiger partial charge in [-0.05, 0) is 41.7 Å². The molecule has 2 aromatic rings. The number of nitrogens with zero attached hydrogens (tertiary/aromatic N) is 2. The van der Waals surface area contributed by atoms with Crippen LogP contribution in [0.15, 0.2) is 65.1 Å². The van der Waals surface area contributed by atoms with Crippen molar-refractivity contribution in [1.82, 2.24) is 0 Å². The lowest BCUT2D eigenvalue weighted by molar-refractivity contribution is -0.118. The van der Waals surface area contributed by atoms with Crippen LogP contribution < -0.4 is 10.6 Å². The first-order chi connectivity index (χ1) is 14.6. The standard InChI is InChI=1S/C24H20F3N3O/c1-24(2)10-19-22(20(31)11-24)21(13-3-5-14(25)6-4-13)16(12-28)23(29)30(19)18-8-7-15(26)9-17(18)27/h3-9,21H,10-11,29H2,1-2H3. The number of nitrogens with two attached hydrogens (primary N) is 1. The molecule has 0 aromatic heterocycles. The lowest BCUT2D eigenvalue weighted by Crippen LogP contribution is -2.42. The molecule has 4 nitrogen and oxygen atoms in total. The summed E-state index contributed by atoms with van der Waals surface area (Å²) in [5.74, 6) is -3.07. The number of rotatable bonds is 2. The molecule has 0 saturated carbocycles. The number of hydrogen-bond acceptors (Lipinski definition) is 4. The topological polar surface area (TPSA) is 70.1 Å². The molecule has 1 unspecified atom stereocenters. The predicted octanol–water partition coefficient (Wildman–Crippen LogP) is 5.04. The van der Waals surface area contributed by atoms with Crippen LogP contribution in [0.25, 0.3) is 0 Å². The van der Waals surface area contributed by atoms with Crippen LogP contribution in [0.1, 0.15) is 38.2 Å². The van der Waals surface area contributed by atoms with E-state index in [0.717, 1.165) is 12.1 Å². The summed E-state index contributed by atoms with van der Waals surface area (Å²) in [5.41, 5.74) is 7.31. The van der Waals surface area contributed by atoms with Crippen molar-refractivity contribution >= 4 is 11.5 Å². The molecule has 7 heteroatoms. The number of Topliss-reactive ketones (excluding diaryl/α,β-unsaturated/α-hetero) is 1. The van der Waals surface area contributed by atoms with E-state index in [1.807, 2.05) is 13.8 Å². The molecule has 1 aliphatic carbocycles. The van der Waals surface area contributed by atoms with Crippen molar-refractivity contribution in [1.29, 1.82) is 5.26 Å². The van der Waals surface area contributed by atoms with Gasteiger partial charge in [-0.2, -0.15) is 5.26 Å². The first-order valence-electron chi connectivity index (χ1n) is 9.79. The van der Waals surface area contributed by atoms with Crippen molar-refractivity contribution in [3.8, 4) is 6.07 Å². The molecule has 0 spiro atoms. The summed E-state index contributed by atoms with van der Waals surface area (Å²) in [4.78, 5) is 14.6. The van der Waals surface area contributed by atoms with Crippen LogP contribution in [-0.4, -0.2) is 5.78 Å². The van der Waals surface area contributed by atoms with Crippen LogP contribution in [0.5, 0.6) is 0 Å². The van der Waals surface area contributed by atoms with E-state index in [1.165, 1.54) is 35.2 Å². The van der Waals surface area contributed by atoms with Crippen molar-refractivity contribution in [2.75, 3.05) is 4.90 Å². The van der Waals surface area contributed by atoms with Gasteiger partial charge < -0.3 is 5.73 Å². The molecular weight excluding hydrogens is 403 g/mol. The Morgan fingerprint density at radius 1 is 1.06 bits per heavy atom. The number of allylic oxidation sites excluding steroid dienone is 3. The highest BCUT2D eigenvalue weighted by Crippen LogP contribution is 2.50. The van der Waals surface area contributed by atoms with Gasteiger partial charge in [-0.25, -0.2) is 13.2 Å². The Hall–Kier alpha value is -3.53. The van der Waals surface area contributed by atoms with Gasteiger partial charge in [0.2, 0.25) is 0 Å².